The summed E-state index contributed by atoms with van der Waals surface area (Å²) in [6.45, 7) is 1.70. The molecule has 4 rings (SSSR count). The Hall–Kier alpha value is -3.09. The fourth-order valence-electron chi connectivity index (χ4n) is 3.36. The molecule has 0 radical (unpaired) electrons. The molecule has 7 nitrogen and oxygen atoms in total. The zero-order valence-electron chi connectivity index (χ0n) is 14.6. The van der Waals surface area contributed by atoms with Gasteiger partial charge in [-0.1, -0.05) is 0 Å². The second-order valence-corrected chi connectivity index (χ2v) is 6.40. The fourth-order valence-corrected chi connectivity index (χ4v) is 3.36. The van der Waals surface area contributed by atoms with Crippen molar-refractivity contribution in [2.75, 3.05) is 25.1 Å². The topological polar surface area (TPSA) is 83.1 Å². The number of anilines is 1. The normalized spacial score (nSPS) is 15.2. The van der Waals surface area contributed by atoms with Crippen molar-refractivity contribution in [1.29, 1.82) is 0 Å². The van der Waals surface area contributed by atoms with E-state index < -0.39 is 0 Å². The van der Waals surface area contributed by atoms with Gasteiger partial charge in [0, 0.05) is 30.9 Å². The molecule has 0 unspecified atom stereocenters. The molecule has 0 saturated carbocycles. The summed E-state index contributed by atoms with van der Waals surface area (Å²) in [5, 5.41) is 4.17. The van der Waals surface area contributed by atoms with Gasteiger partial charge in [-0.15, -0.1) is 0 Å². The van der Waals surface area contributed by atoms with Crippen molar-refractivity contribution in [2.24, 2.45) is 0 Å². The van der Waals surface area contributed by atoms with Crippen LogP contribution in [-0.4, -0.2) is 47.1 Å². The molecule has 26 heavy (non-hydrogen) atoms. The highest BCUT2D eigenvalue weighted by Crippen LogP contribution is 2.25. The molecule has 1 saturated heterocycles. The van der Waals surface area contributed by atoms with Crippen molar-refractivity contribution in [3.05, 3.63) is 48.4 Å². The number of piperidine rings is 1. The van der Waals surface area contributed by atoms with E-state index in [4.69, 9.17) is 4.74 Å². The summed E-state index contributed by atoms with van der Waals surface area (Å²) in [5.41, 5.74) is 1.50. The average molecular weight is 351 g/mol. The molecule has 7 heteroatoms. The molecule has 1 amide bonds. The van der Waals surface area contributed by atoms with Crippen LogP contribution in [0.5, 0.6) is 5.75 Å². The Kier molecular flexibility index (Phi) is 4.43. The first-order valence-corrected chi connectivity index (χ1v) is 8.72. The van der Waals surface area contributed by atoms with Crippen molar-refractivity contribution in [3.63, 3.8) is 0 Å². The molecule has 0 aliphatic carbocycles. The lowest BCUT2D eigenvalue weighted by molar-refractivity contribution is 0.0931. The Morgan fingerprint density at radius 3 is 2.69 bits per heavy atom. The third-order valence-electron chi connectivity index (χ3n) is 4.81. The van der Waals surface area contributed by atoms with Gasteiger partial charge in [0.1, 0.15) is 23.5 Å². The van der Waals surface area contributed by atoms with E-state index in [0.717, 1.165) is 48.5 Å². The van der Waals surface area contributed by atoms with E-state index >= 15 is 0 Å². The number of amides is 1. The number of methoxy groups -OCH3 is 1. The largest absolute Gasteiger partial charge is 0.497 e. The highest BCUT2D eigenvalue weighted by atomic mass is 16.5. The number of rotatable bonds is 4. The number of hydrogen-bond acceptors (Lipinski definition) is 5. The molecule has 1 aliphatic rings. The molecule has 3 aromatic rings. The van der Waals surface area contributed by atoms with Gasteiger partial charge in [-0.2, -0.15) is 0 Å². The molecule has 0 spiro atoms. The molecule has 0 atom stereocenters. The molecule has 2 aromatic heterocycles. The summed E-state index contributed by atoms with van der Waals surface area (Å²) in [5.74, 6) is 1.66. The summed E-state index contributed by atoms with van der Waals surface area (Å²) in [7, 11) is 1.61. The SMILES string of the molecule is COc1ccc(C(=O)NC2CCN(c3ncnc4[nH]ccc34)CC2)cc1. The van der Waals surface area contributed by atoms with E-state index in [0.29, 0.717) is 5.56 Å². The summed E-state index contributed by atoms with van der Waals surface area (Å²) >= 11 is 0. The molecular weight excluding hydrogens is 330 g/mol. The number of nitrogens with zero attached hydrogens (tertiary/aromatic N) is 3. The van der Waals surface area contributed by atoms with E-state index in [1.807, 2.05) is 12.3 Å². The first kappa shape index (κ1) is 16.4. The van der Waals surface area contributed by atoms with Crippen LogP contribution in [0.15, 0.2) is 42.9 Å². The van der Waals surface area contributed by atoms with Crippen molar-refractivity contribution in [1.82, 2.24) is 20.3 Å². The molecule has 1 fully saturated rings. The maximum Gasteiger partial charge on any atom is 0.251 e. The van der Waals surface area contributed by atoms with Crippen molar-refractivity contribution in [3.8, 4) is 5.75 Å². The quantitative estimate of drug-likeness (QED) is 0.754. The van der Waals surface area contributed by atoms with Crippen LogP contribution in [0.3, 0.4) is 0 Å². The summed E-state index contributed by atoms with van der Waals surface area (Å²) < 4.78 is 5.13. The minimum atomic E-state index is -0.0406. The number of benzene rings is 1. The second kappa shape index (κ2) is 7.03. The molecule has 1 aromatic carbocycles. The summed E-state index contributed by atoms with van der Waals surface area (Å²) in [4.78, 5) is 26.5. The first-order chi connectivity index (χ1) is 12.7. The Bertz CT molecular complexity index is 898. The number of ether oxygens (including phenoxy) is 1. The zero-order valence-corrected chi connectivity index (χ0v) is 14.6. The molecule has 0 bridgehead atoms. The number of fused-ring (bicyclic) bond motifs is 1. The lowest BCUT2D eigenvalue weighted by Gasteiger charge is -2.33. The molecular formula is C19H21N5O2. The highest BCUT2D eigenvalue weighted by Gasteiger charge is 2.23. The van der Waals surface area contributed by atoms with Crippen LogP contribution in [0.1, 0.15) is 23.2 Å². The number of carbonyl (C=O) groups excluding carboxylic acids is 1. The second-order valence-electron chi connectivity index (χ2n) is 6.40. The number of aromatic nitrogens is 3. The van der Waals surface area contributed by atoms with E-state index in [9.17, 15) is 4.79 Å². The van der Waals surface area contributed by atoms with Crippen LogP contribution in [0.4, 0.5) is 5.82 Å². The van der Waals surface area contributed by atoms with Crippen LogP contribution in [0, 0.1) is 0 Å². The van der Waals surface area contributed by atoms with Gasteiger partial charge in [-0.25, -0.2) is 9.97 Å². The van der Waals surface area contributed by atoms with Crippen molar-refractivity contribution in [2.45, 2.75) is 18.9 Å². The van der Waals surface area contributed by atoms with E-state index in [1.54, 1.807) is 37.7 Å². The van der Waals surface area contributed by atoms with Gasteiger partial charge in [0.05, 0.1) is 12.5 Å². The Morgan fingerprint density at radius 1 is 1.19 bits per heavy atom. The minimum Gasteiger partial charge on any atom is -0.497 e. The smallest absolute Gasteiger partial charge is 0.251 e. The van der Waals surface area contributed by atoms with Crippen LogP contribution >= 0.6 is 0 Å². The fraction of sp³-hybridized carbons (Fsp3) is 0.316. The van der Waals surface area contributed by atoms with Crippen molar-refractivity contribution >= 4 is 22.8 Å². The first-order valence-electron chi connectivity index (χ1n) is 8.72. The van der Waals surface area contributed by atoms with Crippen molar-refractivity contribution < 1.29 is 9.53 Å². The molecule has 134 valence electrons. The lowest BCUT2D eigenvalue weighted by atomic mass is 10.0. The zero-order chi connectivity index (χ0) is 17.9. The van der Waals surface area contributed by atoms with Crippen LogP contribution in [0.2, 0.25) is 0 Å². The predicted molar refractivity (Wildman–Crippen MR) is 99.6 cm³/mol. The van der Waals surface area contributed by atoms with E-state index in [2.05, 4.69) is 25.2 Å². The van der Waals surface area contributed by atoms with Gasteiger partial charge >= 0.3 is 0 Å². The number of H-pyrrole nitrogens is 1. The van der Waals surface area contributed by atoms with Gasteiger partial charge in [-0.05, 0) is 43.2 Å². The van der Waals surface area contributed by atoms with Gasteiger partial charge in [0.15, 0.2) is 0 Å². The number of aromatic amines is 1. The summed E-state index contributed by atoms with van der Waals surface area (Å²) in [6, 6.07) is 9.34. The molecule has 3 heterocycles. The van der Waals surface area contributed by atoms with Gasteiger partial charge < -0.3 is 19.9 Å². The maximum atomic E-state index is 12.4. The van der Waals surface area contributed by atoms with Crippen LogP contribution in [-0.2, 0) is 0 Å². The minimum absolute atomic E-state index is 0.0406. The number of nitrogens with one attached hydrogen (secondary N) is 2. The molecule has 2 N–H and O–H groups in total. The monoisotopic (exact) mass is 351 g/mol. The van der Waals surface area contributed by atoms with Gasteiger partial charge in [0.25, 0.3) is 5.91 Å². The number of carbonyl (C=O) groups is 1. The lowest BCUT2D eigenvalue weighted by Crippen LogP contribution is -2.45. The third-order valence-corrected chi connectivity index (χ3v) is 4.81. The summed E-state index contributed by atoms with van der Waals surface area (Å²) in [6.07, 6.45) is 5.24. The Balaban J connectivity index is 1.37. The Labute approximate surface area is 151 Å². The maximum absolute atomic E-state index is 12.4. The standard InChI is InChI=1S/C19H21N5O2/c1-26-15-4-2-13(3-5-15)19(25)23-14-7-10-24(11-8-14)18-16-6-9-20-17(16)21-12-22-18/h2-6,9,12,14H,7-8,10-11H2,1H3,(H,23,25)(H,20,21,22). The van der Waals surface area contributed by atoms with E-state index in [1.165, 1.54) is 0 Å². The Morgan fingerprint density at radius 2 is 1.96 bits per heavy atom. The van der Waals surface area contributed by atoms with Crippen LogP contribution in [0.25, 0.3) is 11.0 Å². The number of hydrogen-bond donors (Lipinski definition) is 2. The van der Waals surface area contributed by atoms with Gasteiger partial charge in [0.2, 0.25) is 0 Å². The van der Waals surface area contributed by atoms with Crippen LogP contribution < -0.4 is 15.0 Å². The van der Waals surface area contributed by atoms with E-state index in [-0.39, 0.29) is 11.9 Å². The third kappa shape index (κ3) is 3.20. The average Bonchev–Trinajstić information content (AvgIpc) is 3.17. The predicted octanol–water partition coefficient (Wildman–Crippen LogP) is 2.37. The highest BCUT2D eigenvalue weighted by molar-refractivity contribution is 5.94. The molecule has 1 aliphatic heterocycles. The van der Waals surface area contributed by atoms with Gasteiger partial charge in [-0.3, -0.25) is 4.79 Å².